The van der Waals surface area contributed by atoms with Crippen LogP contribution < -0.4 is 0 Å². The molecule has 6 nitrogen and oxygen atoms in total. The standard InChI is InChI=1S/C19H25ClN4O2/c20-14-6-7-17-21-18(19(26)23-8-4-2-1-3-5-9-23)16(24(17)10-14)13-22-11-15(25)12-22/h6-7,10,15,25H,1-5,8-9,11-13H2. The molecule has 0 spiro atoms. The van der Waals surface area contributed by atoms with E-state index in [9.17, 15) is 9.90 Å². The number of rotatable bonds is 3. The van der Waals surface area contributed by atoms with Crippen molar-refractivity contribution >= 4 is 23.2 Å². The topological polar surface area (TPSA) is 61.1 Å². The van der Waals surface area contributed by atoms with E-state index in [2.05, 4.69) is 9.88 Å². The van der Waals surface area contributed by atoms with Crippen LogP contribution in [0.25, 0.3) is 5.65 Å². The molecular weight excluding hydrogens is 352 g/mol. The van der Waals surface area contributed by atoms with Gasteiger partial charge in [0, 0.05) is 38.9 Å². The molecule has 2 aromatic rings. The number of likely N-dealkylation sites (tertiary alicyclic amines) is 2. The van der Waals surface area contributed by atoms with Gasteiger partial charge in [-0.05, 0) is 25.0 Å². The summed E-state index contributed by atoms with van der Waals surface area (Å²) in [6.07, 6.45) is 7.28. The van der Waals surface area contributed by atoms with E-state index < -0.39 is 0 Å². The number of fused-ring (bicyclic) bond motifs is 1. The first-order valence-electron chi connectivity index (χ1n) is 9.48. The van der Waals surface area contributed by atoms with Gasteiger partial charge in [0.2, 0.25) is 0 Å². The minimum atomic E-state index is -0.272. The number of nitrogens with zero attached hydrogens (tertiary/aromatic N) is 4. The molecule has 4 rings (SSSR count). The number of aromatic nitrogens is 2. The Kier molecular flexibility index (Phi) is 5.16. The molecule has 0 aliphatic carbocycles. The Morgan fingerprint density at radius 3 is 2.54 bits per heavy atom. The fourth-order valence-electron chi connectivity index (χ4n) is 3.87. The van der Waals surface area contributed by atoms with Crippen molar-refractivity contribution < 1.29 is 9.90 Å². The lowest BCUT2D eigenvalue weighted by atomic mass is 10.1. The van der Waals surface area contributed by atoms with Crippen LogP contribution >= 0.6 is 11.6 Å². The second-order valence-corrected chi connectivity index (χ2v) is 7.83. The van der Waals surface area contributed by atoms with Gasteiger partial charge in [-0.2, -0.15) is 0 Å². The van der Waals surface area contributed by atoms with Gasteiger partial charge in [0.25, 0.3) is 5.91 Å². The number of halogens is 1. The van der Waals surface area contributed by atoms with Gasteiger partial charge in [-0.3, -0.25) is 9.69 Å². The quantitative estimate of drug-likeness (QED) is 0.894. The maximum atomic E-state index is 13.2. The van der Waals surface area contributed by atoms with Crippen LogP contribution in [0.2, 0.25) is 5.02 Å². The zero-order valence-corrected chi connectivity index (χ0v) is 15.7. The monoisotopic (exact) mass is 376 g/mol. The number of carbonyl (C=O) groups is 1. The second-order valence-electron chi connectivity index (χ2n) is 7.39. The Labute approximate surface area is 158 Å². The predicted molar refractivity (Wildman–Crippen MR) is 100 cm³/mol. The van der Waals surface area contributed by atoms with Crippen molar-refractivity contribution in [1.29, 1.82) is 0 Å². The smallest absolute Gasteiger partial charge is 0.274 e. The number of aliphatic hydroxyl groups is 1. The average molecular weight is 377 g/mol. The molecular formula is C19H25ClN4O2. The highest BCUT2D eigenvalue weighted by molar-refractivity contribution is 6.30. The molecule has 7 heteroatoms. The van der Waals surface area contributed by atoms with Crippen molar-refractivity contribution in [3.8, 4) is 0 Å². The molecule has 0 aromatic carbocycles. The van der Waals surface area contributed by atoms with E-state index in [4.69, 9.17) is 11.6 Å². The fraction of sp³-hybridized carbons (Fsp3) is 0.579. The van der Waals surface area contributed by atoms with Crippen LogP contribution in [0.15, 0.2) is 18.3 Å². The fourth-order valence-corrected chi connectivity index (χ4v) is 4.03. The molecule has 2 aromatic heterocycles. The van der Waals surface area contributed by atoms with Gasteiger partial charge in [0.15, 0.2) is 5.69 Å². The van der Waals surface area contributed by atoms with Crippen molar-refractivity contribution in [2.24, 2.45) is 0 Å². The van der Waals surface area contributed by atoms with E-state index in [1.807, 2.05) is 21.6 Å². The minimum Gasteiger partial charge on any atom is -0.390 e. The molecule has 26 heavy (non-hydrogen) atoms. The molecule has 0 unspecified atom stereocenters. The third-order valence-corrected chi connectivity index (χ3v) is 5.56. The number of carbonyl (C=O) groups excluding carboxylic acids is 1. The number of hydrogen-bond acceptors (Lipinski definition) is 4. The summed E-state index contributed by atoms with van der Waals surface area (Å²) in [5, 5.41) is 10.2. The van der Waals surface area contributed by atoms with Gasteiger partial charge in [0.1, 0.15) is 5.65 Å². The Morgan fingerprint density at radius 1 is 1.15 bits per heavy atom. The summed E-state index contributed by atoms with van der Waals surface area (Å²) in [7, 11) is 0. The Bertz CT molecular complexity index is 792. The molecule has 1 amide bonds. The molecule has 2 saturated heterocycles. The van der Waals surface area contributed by atoms with E-state index in [0.29, 0.717) is 30.4 Å². The maximum absolute atomic E-state index is 13.2. The van der Waals surface area contributed by atoms with Gasteiger partial charge < -0.3 is 14.4 Å². The average Bonchev–Trinajstić information content (AvgIpc) is 2.90. The van der Waals surface area contributed by atoms with E-state index in [1.165, 1.54) is 19.3 Å². The highest BCUT2D eigenvalue weighted by atomic mass is 35.5. The summed E-state index contributed by atoms with van der Waals surface area (Å²) in [4.78, 5) is 22.0. The summed E-state index contributed by atoms with van der Waals surface area (Å²) >= 11 is 6.18. The third-order valence-electron chi connectivity index (χ3n) is 5.34. The van der Waals surface area contributed by atoms with Crippen LogP contribution in [0.3, 0.4) is 0 Å². The first-order chi connectivity index (χ1) is 12.6. The predicted octanol–water partition coefficient (Wildman–Crippen LogP) is 2.57. The van der Waals surface area contributed by atoms with Crippen LogP contribution in [-0.2, 0) is 6.54 Å². The van der Waals surface area contributed by atoms with Crippen molar-refractivity contribution in [2.45, 2.75) is 44.8 Å². The van der Waals surface area contributed by atoms with Gasteiger partial charge in [0.05, 0.1) is 16.8 Å². The number of amides is 1. The number of aliphatic hydroxyl groups excluding tert-OH is 1. The minimum absolute atomic E-state index is 0.0165. The van der Waals surface area contributed by atoms with Crippen LogP contribution in [0.5, 0.6) is 0 Å². The molecule has 2 aliphatic heterocycles. The zero-order valence-electron chi connectivity index (χ0n) is 14.9. The second kappa shape index (κ2) is 7.55. The van der Waals surface area contributed by atoms with Crippen LogP contribution in [0.4, 0.5) is 0 Å². The first-order valence-corrected chi connectivity index (χ1v) is 9.86. The molecule has 0 bridgehead atoms. The van der Waals surface area contributed by atoms with Crippen molar-refractivity contribution in [2.75, 3.05) is 26.2 Å². The molecule has 4 heterocycles. The van der Waals surface area contributed by atoms with E-state index in [-0.39, 0.29) is 12.0 Å². The molecule has 0 radical (unpaired) electrons. The summed E-state index contributed by atoms with van der Waals surface area (Å²) < 4.78 is 1.92. The maximum Gasteiger partial charge on any atom is 0.274 e. The van der Waals surface area contributed by atoms with Gasteiger partial charge in [-0.1, -0.05) is 30.9 Å². The van der Waals surface area contributed by atoms with Crippen molar-refractivity contribution in [3.63, 3.8) is 0 Å². The van der Waals surface area contributed by atoms with Crippen LogP contribution in [0, 0.1) is 0 Å². The Hall–Kier alpha value is -1.63. The first kappa shape index (κ1) is 17.8. The normalized spacial score (nSPS) is 20.0. The Balaban J connectivity index is 1.66. The molecule has 1 N–H and O–H groups in total. The van der Waals surface area contributed by atoms with Crippen molar-refractivity contribution in [3.05, 3.63) is 34.7 Å². The van der Waals surface area contributed by atoms with E-state index in [1.54, 1.807) is 6.07 Å². The summed E-state index contributed by atoms with van der Waals surface area (Å²) in [6.45, 7) is 3.45. The van der Waals surface area contributed by atoms with Gasteiger partial charge in [-0.25, -0.2) is 4.98 Å². The largest absolute Gasteiger partial charge is 0.390 e. The van der Waals surface area contributed by atoms with E-state index in [0.717, 1.165) is 37.3 Å². The Morgan fingerprint density at radius 2 is 1.85 bits per heavy atom. The molecule has 0 atom stereocenters. The zero-order chi connectivity index (χ0) is 18.1. The van der Waals surface area contributed by atoms with Crippen LogP contribution in [0.1, 0.15) is 48.3 Å². The number of hydrogen-bond donors (Lipinski definition) is 1. The summed E-state index contributed by atoms with van der Waals surface area (Å²) in [6, 6.07) is 3.65. The SMILES string of the molecule is O=C(c1nc2ccc(Cl)cn2c1CN1CC(O)C1)N1CCCCCCC1. The highest BCUT2D eigenvalue weighted by Gasteiger charge is 2.29. The molecule has 2 aliphatic rings. The van der Waals surface area contributed by atoms with Gasteiger partial charge in [-0.15, -0.1) is 0 Å². The van der Waals surface area contributed by atoms with Gasteiger partial charge >= 0.3 is 0 Å². The lowest BCUT2D eigenvalue weighted by molar-refractivity contribution is -0.00383. The lowest BCUT2D eigenvalue weighted by Gasteiger charge is -2.35. The van der Waals surface area contributed by atoms with E-state index >= 15 is 0 Å². The third kappa shape index (κ3) is 3.59. The molecule has 140 valence electrons. The highest BCUT2D eigenvalue weighted by Crippen LogP contribution is 2.23. The molecule has 2 fully saturated rings. The number of pyridine rings is 1. The summed E-state index contributed by atoms with van der Waals surface area (Å²) in [5.74, 6) is 0.0165. The molecule has 0 saturated carbocycles. The van der Waals surface area contributed by atoms with Crippen molar-refractivity contribution in [1.82, 2.24) is 19.2 Å². The van der Waals surface area contributed by atoms with Crippen LogP contribution in [-0.4, -0.2) is 62.5 Å². The number of β-amino-alcohol motifs (C(OH)–C–C–N with tert-alkyl or cyclic N) is 1. The number of imidazole rings is 1. The summed E-state index contributed by atoms with van der Waals surface area (Å²) in [5.41, 5.74) is 2.12. The lowest BCUT2D eigenvalue weighted by Crippen LogP contribution is -2.50.